The van der Waals surface area contributed by atoms with Gasteiger partial charge in [-0.15, -0.1) is 10.2 Å². The summed E-state index contributed by atoms with van der Waals surface area (Å²) in [4.78, 5) is 16.8. The van der Waals surface area contributed by atoms with Crippen LogP contribution < -0.4 is 10.1 Å². The molecular formula is C23H29N5O3S. The van der Waals surface area contributed by atoms with E-state index in [0.717, 1.165) is 22.7 Å². The van der Waals surface area contributed by atoms with Gasteiger partial charge >= 0.3 is 0 Å². The van der Waals surface area contributed by atoms with Crippen LogP contribution in [0.1, 0.15) is 25.5 Å². The topological polar surface area (TPSA) is 91.2 Å². The first-order chi connectivity index (χ1) is 15.5. The van der Waals surface area contributed by atoms with Crippen LogP contribution in [-0.4, -0.2) is 52.2 Å². The number of amides is 1. The third kappa shape index (κ3) is 6.08. The number of hydrogen-bond donors (Lipinski definition) is 1. The zero-order chi connectivity index (χ0) is 22.9. The third-order valence-electron chi connectivity index (χ3n) is 4.96. The molecule has 2 aromatic heterocycles. The Bertz CT molecular complexity index is 993. The average Bonchev–Trinajstić information content (AvgIpc) is 3.23. The number of aromatic nitrogens is 4. The zero-order valence-corrected chi connectivity index (χ0v) is 19.6. The molecule has 0 aliphatic heterocycles. The Labute approximate surface area is 192 Å². The van der Waals surface area contributed by atoms with Crippen molar-refractivity contribution in [2.75, 3.05) is 26.6 Å². The first-order valence-electron chi connectivity index (χ1n) is 10.4. The number of nitrogens with zero attached hydrogens (tertiary/aromatic N) is 4. The predicted molar refractivity (Wildman–Crippen MR) is 125 cm³/mol. The highest BCUT2D eigenvalue weighted by atomic mass is 32.2. The van der Waals surface area contributed by atoms with E-state index < -0.39 is 0 Å². The van der Waals surface area contributed by atoms with E-state index in [-0.39, 0.29) is 23.6 Å². The summed E-state index contributed by atoms with van der Waals surface area (Å²) in [5.41, 5.74) is 1.96. The Morgan fingerprint density at radius 1 is 1.09 bits per heavy atom. The molecule has 9 heteroatoms. The van der Waals surface area contributed by atoms with Gasteiger partial charge in [0.2, 0.25) is 5.91 Å². The molecule has 1 atom stereocenters. The molecule has 3 aromatic rings. The van der Waals surface area contributed by atoms with Gasteiger partial charge in [-0.3, -0.25) is 14.3 Å². The third-order valence-corrected chi connectivity index (χ3v) is 5.93. The summed E-state index contributed by atoms with van der Waals surface area (Å²) >= 11 is 1.36. The molecule has 0 bridgehead atoms. The Hall–Kier alpha value is -2.91. The van der Waals surface area contributed by atoms with E-state index in [2.05, 4.69) is 34.3 Å². The largest absolute Gasteiger partial charge is 0.497 e. The normalized spacial score (nSPS) is 12.0. The van der Waals surface area contributed by atoms with Crippen molar-refractivity contribution in [2.24, 2.45) is 5.92 Å². The fourth-order valence-corrected chi connectivity index (χ4v) is 4.06. The lowest BCUT2D eigenvalue weighted by Gasteiger charge is -2.23. The second-order valence-corrected chi connectivity index (χ2v) is 8.48. The summed E-state index contributed by atoms with van der Waals surface area (Å²) in [5.74, 6) is 1.93. The molecule has 0 spiro atoms. The molecule has 1 unspecified atom stereocenters. The number of ether oxygens (including phenoxy) is 2. The molecule has 1 aromatic carbocycles. The van der Waals surface area contributed by atoms with Gasteiger partial charge in [-0.25, -0.2) is 0 Å². The molecule has 1 amide bonds. The van der Waals surface area contributed by atoms with Crippen LogP contribution in [0.25, 0.3) is 11.4 Å². The molecule has 1 N–H and O–H groups in total. The lowest BCUT2D eigenvalue weighted by molar-refractivity contribution is -0.119. The Balaban J connectivity index is 1.69. The Kier molecular flexibility index (Phi) is 8.64. The van der Waals surface area contributed by atoms with E-state index in [0.29, 0.717) is 18.3 Å². The van der Waals surface area contributed by atoms with E-state index in [1.54, 1.807) is 26.6 Å². The molecule has 2 heterocycles. The van der Waals surface area contributed by atoms with Crippen molar-refractivity contribution < 1.29 is 14.3 Å². The van der Waals surface area contributed by atoms with Crippen LogP contribution in [0.5, 0.6) is 5.75 Å². The van der Waals surface area contributed by atoms with Gasteiger partial charge in [0.1, 0.15) is 5.75 Å². The quantitative estimate of drug-likeness (QED) is 0.442. The molecule has 32 heavy (non-hydrogen) atoms. The highest BCUT2D eigenvalue weighted by Gasteiger charge is 2.20. The van der Waals surface area contributed by atoms with E-state index in [1.807, 2.05) is 41.0 Å². The van der Waals surface area contributed by atoms with E-state index in [9.17, 15) is 4.79 Å². The number of benzene rings is 1. The van der Waals surface area contributed by atoms with Crippen molar-refractivity contribution in [3.05, 3.63) is 54.4 Å². The van der Waals surface area contributed by atoms with Gasteiger partial charge in [-0.05, 0) is 35.7 Å². The van der Waals surface area contributed by atoms with Crippen LogP contribution in [0.4, 0.5) is 0 Å². The SMILES string of the molecule is COCCn1c(SCC(=O)NC(c2ccc(OC)cc2)C(C)C)nnc1-c1ccncc1. The molecule has 170 valence electrons. The maximum absolute atomic E-state index is 12.8. The highest BCUT2D eigenvalue weighted by Crippen LogP contribution is 2.26. The monoisotopic (exact) mass is 455 g/mol. The lowest BCUT2D eigenvalue weighted by Crippen LogP contribution is -2.33. The summed E-state index contributed by atoms with van der Waals surface area (Å²) in [7, 11) is 3.29. The number of methoxy groups -OCH3 is 2. The summed E-state index contributed by atoms with van der Waals surface area (Å²) in [5, 5.41) is 12.5. The van der Waals surface area contributed by atoms with Crippen LogP contribution in [0.2, 0.25) is 0 Å². The van der Waals surface area contributed by atoms with Gasteiger partial charge in [-0.2, -0.15) is 0 Å². The van der Waals surface area contributed by atoms with Gasteiger partial charge < -0.3 is 14.8 Å². The second-order valence-electron chi connectivity index (χ2n) is 7.54. The van der Waals surface area contributed by atoms with Gasteiger partial charge in [0, 0.05) is 25.1 Å². The molecule has 0 saturated carbocycles. The number of hydrogen-bond acceptors (Lipinski definition) is 7. The number of carbonyl (C=O) groups excluding carboxylic acids is 1. The minimum Gasteiger partial charge on any atom is -0.497 e. The van der Waals surface area contributed by atoms with Crippen molar-refractivity contribution in [3.8, 4) is 17.1 Å². The van der Waals surface area contributed by atoms with Crippen LogP contribution in [-0.2, 0) is 16.1 Å². The van der Waals surface area contributed by atoms with E-state index in [4.69, 9.17) is 9.47 Å². The minimum atomic E-state index is -0.0900. The molecule has 0 aliphatic rings. The van der Waals surface area contributed by atoms with Crippen LogP contribution in [0, 0.1) is 5.92 Å². The molecule has 0 radical (unpaired) electrons. The maximum Gasteiger partial charge on any atom is 0.230 e. The van der Waals surface area contributed by atoms with Gasteiger partial charge in [-0.1, -0.05) is 37.7 Å². The fourth-order valence-electron chi connectivity index (χ4n) is 3.29. The van der Waals surface area contributed by atoms with Crippen molar-refractivity contribution in [1.82, 2.24) is 25.1 Å². The number of thioether (sulfide) groups is 1. The summed E-state index contributed by atoms with van der Waals surface area (Å²) in [6.45, 7) is 5.28. The molecular weight excluding hydrogens is 426 g/mol. The predicted octanol–water partition coefficient (Wildman–Crippen LogP) is 3.60. The molecule has 0 fully saturated rings. The van der Waals surface area contributed by atoms with Crippen LogP contribution in [0.3, 0.4) is 0 Å². The second kappa shape index (κ2) is 11.6. The first kappa shape index (κ1) is 23.7. The molecule has 0 aliphatic carbocycles. The van der Waals surface area contributed by atoms with E-state index in [1.165, 1.54) is 11.8 Å². The summed E-state index contributed by atoms with van der Waals surface area (Å²) in [6, 6.07) is 11.5. The lowest BCUT2D eigenvalue weighted by atomic mass is 9.96. The van der Waals surface area contributed by atoms with Crippen molar-refractivity contribution in [2.45, 2.75) is 31.6 Å². The minimum absolute atomic E-state index is 0.0590. The summed E-state index contributed by atoms with van der Waals surface area (Å²) in [6.07, 6.45) is 3.44. The van der Waals surface area contributed by atoms with Crippen molar-refractivity contribution in [3.63, 3.8) is 0 Å². The van der Waals surface area contributed by atoms with Crippen molar-refractivity contribution in [1.29, 1.82) is 0 Å². The molecule has 3 rings (SSSR count). The Morgan fingerprint density at radius 3 is 2.44 bits per heavy atom. The first-order valence-corrected chi connectivity index (χ1v) is 11.4. The number of pyridine rings is 1. The number of carbonyl (C=O) groups is 1. The van der Waals surface area contributed by atoms with Crippen LogP contribution in [0.15, 0.2) is 53.9 Å². The molecule has 8 nitrogen and oxygen atoms in total. The van der Waals surface area contributed by atoms with Gasteiger partial charge in [0.15, 0.2) is 11.0 Å². The average molecular weight is 456 g/mol. The van der Waals surface area contributed by atoms with Crippen LogP contribution >= 0.6 is 11.8 Å². The van der Waals surface area contributed by atoms with Gasteiger partial charge in [0.25, 0.3) is 0 Å². The standard InChI is InChI=1S/C23H29N5O3S/c1-16(2)21(17-5-7-19(31-4)8-6-17)25-20(29)15-32-23-27-26-22(28(23)13-14-30-3)18-9-11-24-12-10-18/h5-12,16,21H,13-15H2,1-4H3,(H,25,29). The molecule has 0 saturated heterocycles. The zero-order valence-electron chi connectivity index (χ0n) is 18.8. The van der Waals surface area contributed by atoms with Gasteiger partial charge in [0.05, 0.1) is 32.1 Å². The highest BCUT2D eigenvalue weighted by molar-refractivity contribution is 7.99. The maximum atomic E-state index is 12.8. The number of nitrogens with one attached hydrogen (secondary N) is 1. The van der Waals surface area contributed by atoms with Crippen molar-refractivity contribution >= 4 is 17.7 Å². The smallest absolute Gasteiger partial charge is 0.230 e. The van der Waals surface area contributed by atoms with E-state index >= 15 is 0 Å². The number of rotatable bonds is 11. The fraction of sp³-hybridized carbons (Fsp3) is 0.391. The Morgan fingerprint density at radius 2 is 1.81 bits per heavy atom. The summed E-state index contributed by atoms with van der Waals surface area (Å²) < 4.78 is 12.5.